The van der Waals surface area contributed by atoms with Crippen LogP contribution in [0.1, 0.15) is 24.8 Å². The van der Waals surface area contributed by atoms with Crippen LogP contribution in [0.3, 0.4) is 0 Å². The van der Waals surface area contributed by atoms with Gasteiger partial charge in [0.15, 0.2) is 0 Å². The summed E-state index contributed by atoms with van der Waals surface area (Å²) >= 11 is 3.08. The van der Waals surface area contributed by atoms with Gasteiger partial charge in [0.2, 0.25) is 0 Å². The molecule has 6 heteroatoms. The van der Waals surface area contributed by atoms with Crippen molar-refractivity contribution in [2.75, 3.05) is 19.0 Å². The molecule has 0 saturated carbocycles. The Labute approximate surface area is 125 Å². The molecule has 3 nitrogen and oxygen atoms in total. The number of hydrogen-bond donors (Lipinski definition) is 0. The topological polar surface area (TPSA) is 35.5 Å². The Morgan fingerprint density at radius 3 is 2.45 bits per heavy atom. The molecule has 1 aromatic rings. The highest BCUT2D eigenvalue weighted by Gasteiger charge is 2.11. The molecule has 0 saturated heterocycles. The summed E-state index contributed by atoms with van der Waals surface area (Å²) < 4.78 is 37.1. The molecule has 20 heavy (non-hydrogen) atoms. The van der Waals surface area contributed by atoms with Crippen LogP contribution in [0.5, 0.6) is 5.75 Å². The fraction of sp³-hybridized carbons (Fsp3) is 0.500. The van der Waals surface area contributed by atoms with Crippen molar-refractivity contribution in [1.29, 1.82) is 0 Å². The van der Waals surface area contributed by atoms with Crippen LogP contribution in [-0.2, 0) is 16.1 Å². The van der Waals surface area contributed by atoms with E-state index in [0.717, 1.165) is 12.1 Å². The van der Waals surface area contributed by atoms with Crippen LogP contribution in [-0.4, -0.2) is 24.8 Å². The normalized spacial score (nSPS) is 10.6. The molecule has 0 aliphatic heterocycles. The van der Waals surface area contributed by atoms with Gasteiger partial charge in [0.25, 0.3) is 0 Å². The molecular formula is C14H17BrF2O3. The van der Waals surface area contributed by atoms with Gasteiger partial charge in [-0.3, -0.25) is 4.79 Å². The highest BCUT2D eigenvalue weighted by Crippen LogP contribution is 2.21. The Balaban J connectivity index is 2.34. The minimum absolute atomic E-state index is 0.109. The average molecular weight is 351 g/mol. The number of rotatable bonds is 9. The fourth-order valence-electron chi connectivity index (χ4n) is 1.60. The van der Waals surface area contributed by atoms with Crippen LogP contribution in [0.2, 0.25) is 0 Å². The van der Waals surface area contributed by atoms with E-state index < -0.39 is 11.6 Å². The minimum Gasteiger partial charge on any atom is -0.497 e. The third kappa shape index (κ3) is 5.54. The lowest BCUT2D eigenvalue weighted by atomic mass is 10.2. The summed E-state index contributed by atoms with van der Waals surface area (Å²) in [4.78, 5) is 11.0. The molecule has 1 rings (SSSR count). The van der Waals surface area contributed by atoms with E-state index in [1.807, 2.05) is 0 Å². The molecule has 0 amide bonds. The number of ketones is 1. The number of unbranched alkanes of at least 4 members (excludes halogenated alkanes) is 1. The molecule has 0 bridgehead atoms. The zero-order valence-electron chi connectivity index (χ0n) is 11.3. The van der Waals surface area contributed by atoms with Crippen molar-refractivity contribution in [2.24, 2.45) is 0 Å². The third-order valence-electron chi connectivity index (χ3n) is 2.74. The van der Waals surface area contributed by atoms with Gasteiger partial charge in [-0.1, -0.05) is 15.9 Å². The maximum absolute atomic E-state index is 13.6. The number of hydrogen-bond acceptors (Lipinski definition) is 3. The first-order chi connectivity index (χ1) is 9.58. The molecule has 0 atom stereocenters. The lowest BCUT2D eigenvalue weighted by molar-refractivity contribution is -0.116. The molecule has 112 valence electrons. The van der Waals surface area contributed by atoms with Gasteiger partial charge in [0, 0.05) is 30.7 Å². The highest BCUT2D eigenvalue weighted by molar-refractivity contribution is 9.09. The largest absolute Gasteiger partial charge is 0.497 e. The van der Waals surface area contributed by atoms with E-state index in [1.54, 1.807) is 0 Å². The molecule has 0 N–H and O–H groups in total. The Hall–Kier alpha value is -1.01. The van der Waals surface area contributed by atoms with Gasteiger partial charge in [-0.2, -0.15) is 0 Å². The van der Waals surface area contributed by atoms with Gasteiger partial charge in [0.1, 0.15) is 23.2 Å². The number of benzene rings is 1. The second-order valence-electron chi connectivity index (χ2n) is 4.25. The van der Waals surface area contributed by atoms with Crippen molar-refractivity contribution in [3.63, 3.8) is 0 Å². The van der Waals surface area contributed by atoms with Gasteiger partial charge < -0.3 is 9.47 Å². The summed E-state index contributed by atoms with van der Waals surface area (Å²) in [6, 6.07) is 2.24. The molecule has 0 spiro atoms. The van der Waals surface area contributed by atoms with E-state index in [2.05, 4.69) is 15.9 Å². The van der Waals surface area contributed by atoms with Crippen molar-refractivity contribution in [3.8, 4) is 5.75 Å². The van der Waals surface area contributed by atoms with Crippen LogP contribution in [0, 0.1) is 11.6 Å². The van der Waals surface area contributed by atoms with E-state index in [4.69, 9.17) is 9.47 Å². The second kappa shape index (κ2) is 9.02. The van der Waals surface area contributed by atoms with Crippen LogP contribution in [0.25, 0.3) is 0 Å². The molecule has 0 unspecified atom stereocenters. The van der Waals surface area contributed by atoms with Crippen LogP contribution >= 0.6 is 15.9 Å². The maximum atomic E-state index is 13.6. The zero-order chi connectivity index (χ0) is 15.0. The monoisotopic (exact) mass is 350 g/mol. The maximum Gasteiger partial charge on any atom is 0.143 e. The van der Waals surface area contributed by atoms with Crippen LogP contribution < -0.4 is 4.74 Å². The second-order valence-corrected chi connectivity index (χ2v) is 4.81. The lowest BCUT2D eigenvalue weighted by Crippen LogP contribution is -2.03. The number of alkyl halides is 1. The number of methoxy groups -OCH3 is 1. The number of ether oxygens (including phenoxy) is 2. The zero-order valence-corrected chi connectivity index (χ0v) is 12.8. The van der Waals surface area contributed by atoms with Crippen LogP contribution in [0.4, 0.5) is 8.78 Å². The number of carbonyl (C=O) groups is 1. The van der Waals surface area contributed by atoms with E-state index in [0.29, 0.717) is 31.2 Å². The predicted octanol–water partition coefficient (Wildman–Crippen LogP) is 3.62. The van der Waals surface area contributed by atoms with E-state index in [1.165, 1.54) is 7.11 Å². The molecule has 0 radical (unpaired) electrons. The molecule has 0 aromatic heterocycles. The van der Waals surface area contributed by atoms with Gasteiger partial charge in [-0.15, -0.1) is 0 Å². The van der Waals surface area contributed by atoms with E-state index >= 15 is 0 Å². The third-order valence-corrected chi connectivity index (χ3v) is 3.37. The minimum atomic E-state index is -0.684. The summed E-state index contributed by atoms with van der Waals surface area (Å²) in [5.41, 5.74) is -0.109. The van der Waals surface area contributed by atoms with Crippen molar-refractivity contribution < 1.29 is 23.0 Å². The molecule has 0 fully saturated rings. The molecule has 0 heterocycles. The number of carbonyl (C=O) groups excluding carboxylic acids is 1. The van der Waals surface area contributed by atoms with E-state index in [-0.39, 0.29) is 23.7 Å². The standard InChI is InChI=1S/C14H17BrF2O3/c1-19-11-6-13(16)12(14(17)7-11)9-20-5-3-2-4-10(18)8-15/h6-7H,2-5,8-9H2,1H3. The van der Waals surface area contributed by atoms with Gasteiger partial charge in [-0.25, -0.2) is 8.78 Å². The number of Topliss-reactive ketones (excluding diaryl/α,β-unsaturated/α-hetero) is 1. The van der Waals surface area contributed by atoms with Gasteiger partial charge in [0.05, 0.1) is 19.0 Å². The Bertz CT molecular complexity index is 429. The number of halogens is 3. The Morgan fingerprint density at radius 2 is 1.90 bits per heavy atom. The van der Waals surface area contributed by atoms with E-state index in [9.17, 15) is 13.6 Å². The highest BCUT2D eigenvalue weighted by atomic mass is 79.9. The fourth-order valence-corrected chi connectivity index (χ4v) is 1.88. The predicted molar refractivity (Wildman–Crippen MR) is 75.2 cm³/mol. The summed E-state index contributed by atoms with van der Waals surface area (Å²) in [5, 5.41) is 0.357. The molecular weight excluding hydrogens is 334 g/mol. The Kier molecular flexibility index (Phi) is 7.69. The SMILES string of the molecule is COc1cc(F)c(COCCCCC(=O)CBr)c(F)c1. The first kappa shape index (κ1) is 17.0. The van der Waals surface area contributed by atoms with Crippen LogP contribution in [0.15, 0.2) is 12.1 Å². The molecule has 1 aromatic carbocycles. The summed E-state index contributed by atoms with van der Waals surface area (Å²) in [6.45, 7) is 0.231. The quantitative estimate of drug-likeness (QED) is 0.504. The Morgan fingerprint density at radius 1 is 1.25 bits per heavy atom. The van der Waals surface area contributed by atoms with Crippen molar-refractivity contribution in [1.82, 2.24) is 0 Å². The summed E-state index contributed by atoms with van der Waals surface area (Å²) in [6.07, 6.45) is 1.87. The first-order valence-electron chi connectivity index (χ1n) is 6.25. The van der Waals surface area contributed by atoms with Gasteiger partial charge >= 0.3 is 0 Å². The van der Waals surface area contributed by atoms with Gasteiger partial charge in [-0.05, 0) is 12.8 Å². The summed E-state index contributed by atoms with van der Waals surface area (Å²) in [5.74, 6) is -1.10. The smallest absolute Gasteiger partial charge is 0.143 e. The van der Waals surface area contributed by atoms with Crippen molar-refractivity contribution in [2.45, 2.75) is 25.9 Å². The molecule has 0 aliphatic carbocycles. The van der Waals surface area contributed by atoms with Crippen molar-refractivity contribution in [3.05, 3.63) is 29.3 Å². The summed E-state index contributed by atoms with van der Waals surface area (Å²) in [7, 11) is 1.35. The average Bonchev–Trinajstić information content (AvgIpc) is 2.44. The van der Waals surface area contributed by atoms with Crippen molar-refractivity contribution >= 4 is 21.7 Å². The molecule has 0 aliphatic rings. The first-order valence-corrected chi connectivity index (χ1v) is 7.38. The lowest BCUT2D eigenvalue weighted by Gasteiger charge is -2.08.